The predicted molar refractivity (Wildman–Crippen MR) is 110 cm³/mol. The first-order valence-corrected chi connectivity index (χ1v) is 10.0. The Kier molecular flexibility index (Phi) is 8.75. The molecule has 0 fully saturated rings. The fourth-order valence-electron chi connectivity index (χ4n) is 3.07. The van der Waals surface area contributed by atoms with Gasteiger partial charge in [0.2, 0.25) is 5.91 Å². The summed E-state index contributed by atoms with van der Waals surface area (Å²) >= 11 is 0. The molecule has 0 saturated carbocycles. The van der Waals surface area contributed by atoms with Crippen molar-refractivity contribution in [1.82, 2.24) is 9.78 Å². The Morgan fingerprint density at radius 3 is 2.37 bits per heavy atom. The van der Waals surface area contributed by atoms with Crippen LogP contribution in [0.25, 0.3) is 11.3 Å². The number of unbranched alkanes of at least 4 members (excludes halogenated alkanes) is 6. The number of benzene rings is 1. The van der Waals surface area contributed by atoms with Gasteiger partial charge in [-0.1, -0.05) is 75.8 Å². The maximum atomic E-state index is 12.2. The number of nitrogens with one attached hydrogen (secondary N) is 1. The van der Waals surface area contributed by atoms with E-state index in [9.17, 15) is 9.59 Å². The quantitative estimate of drug-likeness (QED) is 0.417. The molecule has 0 unspecified atom stereocenters. The van der Waals surface area contributed by atoms with Crippen molar-refractivity contribution in [3.8, 4) is 11.3 Å². The van der Waals surface area contributed by atoms with Crippen LogP contribution < -0.4 is 5.32 Å². The zero-order valence-corrected chi connectivity index (χ0v) is 16.5. The fraction of sp³-hybridized carbons (Fsp3) is 0.500. The molecule has 146 valence electrons. The van der Waals surface area contributed by atoms with E-state index in [0.29, 0.717) is 12.2 Å². The third-order valence-corrected chi connectivity index (χ3v) is 4.63. The molecule has 1 N–H and O–H groups in total. The molecule has 0 aliphatic rings. The zero-order valence-electron chi connectivity index (χ0n) is 16.5. The Morgan fingerprint density at radius 2 is 1.67 bits per heavy atom. The molecule has 27 heavy (non-hydrogen) atoms. The van der Waals surface area contributed by atoms with E-state index in [1.807, 2.05) is 36.4 Å². The van der Waals surface area contributed by atoms with Crippen molar-refractivity contribution in [2.75, 3.05) is 5.32 Å². The van der Waals surface area contributed by atoms with E-state index in [0.717, 1.165) is 24.1 Å². The molecule has 2 rings (SSSR count). The van der Waals surface area contributed by atoms with Crippen molar-refractivity contribution in [3.05, 3.63) is 36.4 Å². The number of aromatic nitrogens is 2. The van der Waals surface area contributed by atoms with Crippen LogP contribution in [-0.2, 0) is 16.6 Å². The van der Waals surface area contributed by atoms with Crippen molar-refractivity contribution in [3.63, 3.8) is 0 Å². The van der Waals surface area contributed by atoms with Crippen molar-refractivity contribution in [2.24, 2.45) is 7.05 Å². The largest absolute Gasteiger partial charge is 0.311 e. The van der Waals surface area contributed by atoms with E-state index in [-0.39, 0.29) is 18.1 Å². The van der Waals surface area contributed by atoms with Gasteiger partial charge in [0.05, 0.1) is 12.1 Å². The Hall–Kier alpha value is -2.43. The molecule has 1 aromatic heterocycles. The number of amides is 1. The Morgan fingerprint density at radius 1 is 1.00 bits per heavy atom. The molecule has 5 heteroatoms. The van der Waals surface area contributed by atoms with Gasteiger partial charge in [-0.2, -0.15) is 5.10 Å². The normalized spacial score (nSPS) is 10.7. The lowest BCUT2D eigenvalue weighted by Gasteiger charge is -2.05. The number of Topliss-reactive ketones (excluding diaryl/α,β-unsaturated/α-hetero) is 1. The van der Waals surface area contributed by atoms with E-state index >= 15 is 0 Å². The van der Waals surface area contributed by atoms with Gasteiger partial charge in [0.25, 0.3) is 0 Å². The van der Waals surface area contributed by atoms with Crippen molar-refractivity contribution >= 4 is 17.5 Å². The monoisotopic (exact) mass is 369 g/mol. The van der Waals surface area contributed by atoms with Crippen LogP contribution in [0.4, 0.5) is 5.82 Å². The van der Waals surface area contributed by atoms with Gasteiger partial charge in [-0.15, -0.1) is 0 Å². The molecule has 1 amide bonds. The summed E-state index contributed by atoms with van der Waals surface area (Å²) in [4.78, 5) is 24.2. The molecule has 0 spiro atoms. The van der Waals surface area contributed by atoms with Gasteiger partial charge in [-0.05, 0) is 6.42 Å². The molecule has 2 aromatic rings. The van der Waals surface area contributed by atoms with Crippen LogP contribution >= 0.6 is 0 Å². The summed E-state index contributed by atoms with van der Waals surface area (Å²) in [6.45, 7) is 2.21. The summed E-state index contributed by atoms with van der Waals surface area (Å²) in [5.41, 5.74) is 1.78. The maximum Gasteiger partial charge on any atom is 0.232 e. The van der Waals surface area contributed by atoms with Crippen LogP contribution in [0.15, 0.2) is 36.4 Å². The van der Waals surface area contributed by atoms with Gasteiger partial charge >= 0.3 is 0 Å². The number of carbonyl (C=O) groups is 2. The number of hydrogen-bond donors (Lipinski definition) is 1. The number of anilines is 1. The maximum absolute atomic E-state index is 12.2. The number of nitrogens with zero attached hydrogens (tertiary/aromatic N) is 2. The number of hydrogen-bond acceptors (Lipinski definition) is 3. The fourth-order valence-corrected chi connectivity index (χ4v) is 3.07. The van der Waals surface area contributed by atoms with E-state index in [1.54, 1.807) is 11.7 Å². The first kappa shape index (κ1) is 20.9. The third-order valence-electron chi connectivity index (χ3n) is 4.63. The second-order valence-corrected chi connectivity index (χ2v) is 7.04. The summed E-state index contributed by atoms with van der Waals surface area (Å²) < 4.78 is 1.63. The smallest absolute Gasteiger partial charge is 0.232 e. The summed E-state index contributed by atoms with van der Waals surface area (Å²) in [5.74, 6) is 0.333. The van der Waals surface area contributed by atoms with Crippen LogP contribution in [-0.4, -0.2) is 21.5 Å². The Labute approximate surface area is 162 Å². The highest BCUT2D eigenvalue weighted by atomic mass is 16.2. The van der Waals surface area contributed by atoms with Gasteiger partial charge in [0, 0.05) is 25.1 Å². The van der Waals surface area contributed by atoms with Crippen molar-refractivity contribution in [1.29, 1.82) is 0 Å². The van der Waals surface area contributed by atoms with Crippen molar-refractivity contribution in [2.45, 2.75) is 64.7 Å². The highest BCUT2D eigenvalue weighted by molar-refractivity contribution is 6.04. The minimum atomic E-state index is -0.273. The highest BCUT2D eigenvalue weighted by Gasteiger charge is 2.13. The van der Waals surface area contributed by atoms with Crippen LogP contribution in [0, 0.1) is 0 Å². The Balaban J connectivity index is 1.72. The number of rotatable bonds is 12. The molecule has 0 radical (unpaired) electrons. The van der Waals surface area contributed by atoms with Crippen LogP contribution in [0.5, 0.6) is 0 Å². The Bertz CT molecular complexity index is 722. The first-order valence-electron chi connectivity index (χ1n) is 10.0. The third kappa shape index (κ3) is 7.37. The van der Waals surface area contributed by atoms with Gasteiger partial charge in [0.15, 0.2) is 0 Å². The van der Waals surface area contributed by atoms with Crippen LogP contribution in [0.1, 0.15) is 64.7 Å². The van der Waals surface area contributed by atoms with Gasteiger partial charge in [-0.25, -0.2) is 0 Å². The lowest BCUT2D eigenvalue weighted by molar-refractivity contribution is -0.125. The minimum absolute atomic E-state index is 0.00603. The lowest BCUT2D eigenvalue weighted by Crippen LogP contribution is -2.18. The summed E-state index contributed by atoms with van der Waals surface area (Å²) in [6, 6.07) is 11.6. The average Bonchev–Trinajstić information content (AvgIpc) is 3.02. The first-order chi connectivity index (χ1) is 13.1. The number of ketones is 1. The molecule has 0 bridgehead atoms. The minimum Gasteiger partial charge on any atom is -0.311 e. The van der Waals surface area contributed by atoms with Gasteiger partial charge < -0.3 is 5.32 Å². The van der Waals surface area contributed by atoms with E-state index < -0.39 is 0 Å². The second kappa shape index (κ2) is 11.3. The summed E-state index contributed by atoms with van der Waals surface area (Å²) in [6.07, 6.45) is 8.60. The standard InChI is InChI=1S/C22H31N3O2/c1-3-4-5-6-7-8-12-15-19(26)16-22(27)23-21-17-20(24-25(21)2)18-13-10-9-11-14-18/h9-11,13-14,17H,3-8,12,15-16H2,1-2H3,(H,23,27). The van der Waals surface area contributed by atoms with Gasteiger partial charge in [-0.3, -0.25) is 14.3 Å². The van der Waals surface area contributed by atoms with E-state index in [1.165, 1.54) is 32.1 Å². The van der Waals surface area contributed by atoms with Crippen LogP contribution in [0.3, 0.4) is 0 Å². The molecule has 1 aromatic carbocycles. The SMILES string of the molecule is CCCCCCCCCC(=O)CC(=O)Nc1cc(-c2ccccc2)nn1C. The lowest BCUT2D eigenvalue weighted by atomic mass is 10.1. The topological polar surface area (TPSA) is 64.0 Å². The second-order valence-electron chi connectivity index (χ2n) is 7.04. The van der Waals surface area contributed by atoms with Crippen LogP contribution in [0.2, 0.25) is 0 Å². The average molecular weight is 370 g/mol. The number of aryl methyl sites for hydroxylation is 1. The van der Waals surface area contributed by atoms with Gasteiger partial charge in [0.1, 0.15) is 11.6 Å². The summed E-state index contributed by atoms with van der Waals surface area (Å²) in [7, 11) is 1.78. The molecule has 5 nitrogen and oxygen atoms in total. The summed E-state index contributed by atoms with van der Waals surface area (Å²) in [5, 5.41) is 7.22. The number of carbonyl (C=O) groups excluding carboxylic acids is 2. The molecule has 0 aliphatic heterocycles. The molecule has 0 aliphatic carbocycles. The molecule has 0 saturated heterocycles. The molecule has 0 atom stereocenters. The van der Waals surface area contributed by atoms with E-state index in [4.69, 9.17) is 0 Å². The predicted octanol–water partition coefficient (Wildman–Crippen LogP) is 5.13. The molecular formula is C22H31N3O2. The molecule has 1 heterocycles. The zero-order chi connectivity index (χ0) is 19.5. The van der Waals surface area contributed by atoms with E-state index in [2.05, 4.69) is 17.3 Å². The molecular weight excluding hydrogens is 338 g/mol. The van der Waals surface area contributed by atoms with Crippen molar-refractivity contribution < 1.29 is 9.59 Å². The highest BCUT2D eigenvalue weighted by Crippen LogP contribution is 2.21.